The zero-order chi connectivity index (χ0) is 13.8. The summed E-state index contributed by atoms with van der Waals surface area (Å²) in [6.45, 7) is 2.38. The summed E-state index contributed by atoms with van der Waals surface area (Å²) in [5.74, 6) is 0.342. The summed E-state index contributed by atoms with van der Waals surface area (Å²) in [5.41, 5.74) is 0.816. The van der Waals surface area contributed by atoms with Crippen LogP contribution >= 0.6 is 23.2 Å². The molecule has 0 unspecified atom stereocenters. The highest BCUT2D eigenvalue weighted by molar-refractivity contribution is 6.37. The molecule has 3 nitrogen and oxygen atoms in total. The Morgan fingerprint density at radius 2 is 2.05 bits per heavy atom. The van der Waals surface area contributed by atoms with Gasteiger partial charge >= 0.3 is 0 Å². The number of aromatic nitrogens is 1. The molecule has 0 atom stereocenters. The van der Waals surface area contributed by atoms with E-state index in [0.29, 0.717) is 33.5 Å². The Labute approximate surface area is 121 Å². The summed E-state index contributed by atoms with van der Waals surface area (Å²) in [4.78, 5) is 16.3. The Kier molecular flexibility index (Phi) is 4.40. The van der Waals surface area contributed by atoms with Crippen LogP contribution in [-0.2, 0) is 0 Å². The topological polar surface area (TPSA) is 39.2 Å². The van der Waals surface area contributed by atoms with Crippen LogP contribution < -0.4 is 4.74 Å². The van der Waals surface area contributed by atoms with Gasteiger partial charge in [-0.25, -0.2) is 0 Å². The van der Waals surface area contributed by atoms with E-state index in [1.54, 1.807) is 24.4 Å². The molecule has 1 heterocycles. The Morgan fingerprint density at radius 3 is 2.74 bits per heavy atom. The lowest BCUT2D eigenvalue weighted by Crippen LogP contribution is -2.04. The molecular weight excluding hydrogens is 285 g/mol. The van der Waals surface area contributed by atoms with E-state index in [-0.39, 0.29) is 5.78 Å². The molecule has 0 spiro atoms. The standard InChI is InChI=1S/C14H11Cl2NO2/c1-2-19-11-5-9(7-17-8-11)14(18)12-4-3-10(15)6-13(12)16/h3-8H,2H2,1H3. The SMILES string of the molecule is CCOc1cncc(C(=O)c2ccc(Cl)cc2Cl)c1. The van der Waals surface area contributed by atoms with Crippen LogP contribution in [0.25, 0.3) is 0 Å². The van der Waals surface area contributed by atoms with Crippen molar-refractivity contribution in [3.05, 3.63) is 57.8 Å². The molecule has 98 valence electrons. The second-order valence-corrected chi connectivity index (χ2v) is 4.64. The van der Waals surface area contributed by atoms with Gasteiger partial charge in [0.05, 0.1) is 17.8 Å². The average Bonchev–Trinajstić information content (AvgIpc) is 2.39. The van der Waals surface area contributed by atoms with Gasteiger partial charge in [0.2, 0.25) is 0 Å². The Balaban J connectivity index is 2.35. The van der Waals surface area contributed by atoms with Gasteiger partial charge in [-0.05, 0) is 31.2 Å². The van der Waals surface area contributed by atoms with Gasteiger partial charge in [0.25, 0.3) is 0 Å². The molecule has 5 heteroatoms. The number of hydrogen-bond acceptors (Lipinski definition) is 3. The van der Waals surface area contributed by atoms with Crippen LogP contribution in [0.5, 0.6) is 5.75 Å². The van der Waals surface area contributed by atoms with Crippen molar-refractivity contribution in [2.75, 3.05) is 6.61 Å². The molecule has 0 N–H and O–H groups in total. The predicted molar refractivity (Wildman–Crippen MR) is 75.3 cm³/mol. The van der Waals surface area contributed by atoms with Gasteiger partial charge in [-0.2, -0.15) is 0 Å². The van der Waals surface area contributed by atoms with Crippen molar-refractivity contribution in [2.45, 2.75) is 6.92 Å². The molecule has 0 aliphatic heterocycles. The maximum absolute atomic E-state index is 12.3. The first kappa shape index (κ1) is 13.8. The summed E-state index contributed by atoms with van der Waals surface area (Å²) < 4.78 is 5.31. The van der Waals surface area contributed by atoms with Gasteiger partial charge in [-0.1, -0.05) is 23.2 Å². The minimum atomic E-state index is -0.212. The van der Waals surface area contributed by atoms with Crippen LogP contribution in [0, 0.1) is 0 Å². The fourth-order valence-electron chi connectivity index (χ4n) is 1.62. The maximum atomic E-state index is 12.3. The number of rotatable bonds is 4. The first-order valence-electron chi connectivity index (χ1n) is 5.69. The van der Waals surface area contributed by atoms with Crippen LogP contribution in [-0.4, -0.2) is 17.4 Å². The maximum Gasteiger partial charge on any atom is 0.196 e. The van der Waals surface area contributed by atoms with E-state index in [9.17, 15) is 4.79 Å². The van der Waals surface area contributed by atoms with Crippen molar-refractivity contribution >= 4 is 29.0 Å². The van der Waals surface area contributed by atoms with Crippen molar-refractivity contribution in [3.63, 3.8) is 0 Å². The van der Waals surface area contributed by atoms with Gasteiger partial charge in [0.1, 0.15) is 5.75 Å². The molecule has 2 aromatic rings. The fourth-order valence-corrected chi connectivity index (χ4v) is 2.11. The molecule has 0 saturated carbocycles. The Bertz CT molecular complexity index is 614. The molecule has 1 aromatic carbocycles. The van der Waals surface area contributed by atoms with Gasteiger partial charge in [0, 0.05) is 22.3 Å². The third kappa shape index (κ3) is 3.25. The number of carbonyl (C=O) groups is 1. The summed E-state index contributed by atoms with van der Waals surface area (Å²) in [5, 5.41) is 0.807. The van der Waals surface area contributed by atoms with Gasteiger partial charge in [-0.3, -0.25) is 9.78 Å². The lowest BCUT2D eigenvalue weighted by molar-refractivity contribution is 0.103. The summed E-state index contributed by atoms with van der Waals surface area (Å²) in [7, 11) is 0. The zero-order valence-corrected chi connectivity index (χ0v) is 11.7. The number of benzene rings is 1. The van der Waals surface area contributed by atoms with E-state index in [4.69, 9.17) is 27.9 Å². The van der Waals surface area contributed by atoms with Crippen molar-refractivity contribution in [2.24, 2.45) is 0 Å². The fraction of sp³-hybridized carbons (Fsp3) is 0.143. The number of ether oxygens (including phenoxy) is 1. The first-order valence-corrected chi connectivity index (χ1v) is 6.45. The number of halogens is 2. The van der Waals surface area contributed by atoms with Crippen molar-refractivity contribution in [1.29, 1.82) is 0 Å². The second kappa shape index (κ2) is 6.04. The van der Waals surface area contributed by atoms with E-state index < -0.39 is 0 Å². The molecule has 2 rings (SSSR count). The molecule has 0 amide bonds. The minimum Gasteiger partial charge on any atom is -0.492 e. The lowest BCUT2D eigenvalue weighted by Gasteiger charge is -2.06. The smallest absolute Gasteiger partial charge is 0.196 e. The number of hydrogen-bond donors (Lipinski definition) is 0. The largest absolute Gasteiger partial charge is 0.492 e. The van der Waals surface area contributed by atoms with Crippen LogP contribution in [0.2, 0.25) is 10.0 Å². The molecular formula is C14H11Cl2NO2. The second-order valence-electron chi connectivity index (χ2n) is 3.80. The summed E-state index contributed by atoms with van der Waals surface area (Å²) >= 11 is 11.8. The molecule has 0 bridgehead atoms. The van der Waals surface area contributed by atoms with Crippen LogP contribution in [0.15, 0.2) is 36.7 Å². The van der Waals surface area contributed by atoms with E-state index in [1.807, 2.05) is 6.92 Å². The third-order valence-corrected chi connectivity index (χ3v) is 3.01. The van der Waals surface area contributed by atoms with E-state index >= 15 is 0 Å². The molecule has 0 saturated heterocycles. The average molecular weight is 296 g/mol. The Hall–Kier alpha value is -1.58. The Morgan fingerprint density at radius 1 is 1.26 bits per heavy atom. The minimum absolute atomic E-state index is 0.212. The third-order valence-electron chi connectivity index (χ3n) is 2.46. The number of pyridine rings is 1. The van der Waals surface area contributed by atoms with Gasteiger partial charge in [-0.15, -0.1) is 0 Å². The normalized spacial score (nSPS) is 10.3. The lowest BCUT2D eigenvalue weighted by atomic mass is 10.1. The van der Waals surface area contributed by atoms with Crippen LogP contribution in [0.1, 0.15) is 22.8 Å². The van der Waals surface area contributed by atoms with Crippen LogP contribution in [0.3, 0.4) is 0 Å². The van der Waals surface area contributed by atoms with Crippen molar-refractivity contribution in [1.82, 2.24) is 4.98 Å². The highest BCUT2D eigenvalue weighted by Gasteiger charge is 2.14. The monoisotopic (exact) mass is 295 g/mol. The van der Waals surface area contributed by atoms with E-state index in [2.05, 4.69) is 4.98 Å². The molecule has 0 aliphatic carbocycles. The quantitative estimate of drug-likeness (QED) is 0.800. The summed E-state index contributed by atoms with van der Waals surface area (Å²) in [6.07, 6.45) is 3.04. The number of ketones is 1. The van der Waals surface area contributed by atoms with E-state index in [1.165, 1.54) is 12.3 Å². The van der Waals surface area contributed by atoms with Crippen LogP contribution in [0.4, 0.5) is 0 Å². The number of carbonyl (C=O) groups excluding carboxylic acids is 1. The highest BCUT2D eigenvalue weighted by atomic mass is 35.5. The zero-order valence-electron chi connectivity index (χ0n) is 10.2. The first-order chi connectivity index (χ1) is 9.11. The molecule has 0 fully saturated rings. The number of nitrogens with zero attached hydrogens (tertiary/aromatic N) is 1. The predicted octanol–water partition coefficient (Wildman–Crippen LogP) is 4.02. The molecule has 19 heavy (non-hydrogen) atoms. The van der Waals surface area contributed by atoms with E-state index in [0.717, 1.165) is 0 Å². The van der Waals surface area contributed by atoms with Gasteiger partial charge in [0.15, 0.2) is 5.78 Å². The van der Waals surface area contributed by atoms with Crippen molar-refractivity contribution in [3.8, 4) is 5.75 Å². The van der Waals surface area contributed by atoms with Gasteiger partial charge < -0.3 is 4.74 Å². The highest BCUT2D eigenvalue weighted by Crippen LogP contribution is 2.24. The molecule has 0 aliphatic rings. The van der Waals surface area contributed by atoms with Crippen molar-refractivity contribution < 1.29 is 9.53 Å². The molecule has 1 aromatic heterocycles. The molecule has 0 radical (unpaired) electrons. The summed E-state index contributed by atoms with van der Waals surface area (Å²) in [6, 6.07) is 6.40.